The van der Waals surface area contributed by atoms with E-state index in [4.69, 9.17) is 5.73 Å². The zero-order valence-corrected chi connectivity index (χ0v) is 9.57. The molecule has 88 valence electrons. The highest BCUT2D eigenvalue weighted by Gasteiger charge is 2.28. The second-order valence-electron chi connectivity index (χ2n) is 5.32. The molecule has 3 heteroatoms. The Hall–Kier alpha value is -0.120. The topological polar surface area (TPSA) is 49.5 Å². The van der Waals surface area contributed by atoms with E-state index in [1.807, 2.05) is 0 Å². The van der Waals surface area contributed by atoms with Gasteiger partial charge < -0.3 is 15.7 Å². The van der Waals surface area contributed by atoms with Crippen LogP contribution < -0.4 is 5.73 Å². The van der Waals surface area contributed by atoms with Crippen molar-refractivity contribution in [3.8, 4) is 0 Å². The van der Waals surface area contributed by atoms with Gasteiger partial charge in [-0.3, -0.25) is 0 Å². The number of rotatable bonds is 8. The predicted octanol–water partition coefficient (Wildman–Crippen LogP) is 0.818. The summed E-state index contributed by atoms with van der Waals surface area (Å²) in [5.41, 5.74) is 5.42. The summed E-state index contributed by atoms with van der Waals surface area (Å²) in [6, 6.07) is 0. The molecule has 2 aliphatic rings. The number of aliphatic hydroxyl groups excluding tert-OH is 1. The molecule has 2 rings (SSSR count). The summed E-state index contributed by atoms with van der Waals surface area (Å²) in [6.07, 6.45) is 6.21. The number of hydrogen-bond donors (Lipinski definition) is 2. The summed E-state index contributed by atoms with van der Waals surface area (Å²) in [6.45, 7) is 3.95. The van der Waals surface area contributed by atoms with Crippen molar-refractivity contribution < 1.29 is 5.11 Å². The maximum absolute atomic E-state index is 9.45. The molecule has 3 N–H and O–H groups in total. The van der Waals surface area contributed by atoms with Crippen molar-refractivity contribution in [3.63, 3.8) is 0 Å². The first-order valence-corrected chi connectivity index (χ1v) is 6.38. The molecule has 0 aromatic heterocycles. The smallest absolute Gasteiger partial charge is 0.0674 e. The third kappa shape index (κ3) is 4.49. The van der Waals surface area contributed by atoms with E-state index < -0.39 is 0 Å². The molecule has 2 fully saturated rings. The molecule has 0 bridgehead atoms. The van der Waals surface area contributed by atoms with E-state index >= 15 is 0 Å². The Balaban J connectivity index is 1.65. The Morgan fingerprint density at radius 3 is 2.07 bits per heavy atom. The Morgan fingerprint density at radius 1 is 1.13 bits per heavy atom. The van der Waals surface area contributed by atoms with Crippen LogP contribution in [0.15, 0.2) is 0 Å². The van der Waals surface area contributed by atoms with E-state index in [-0.39, 0.29) is 6.10 Å². The summed E-state index contributed by atoms with van der Waals surface area (Å²) >= 11 is 0. The van der Waals surface area contributed by atoms with Crippen LogP contribution >= 0.6 is 0 Å². The first-order chi connectivity index (χ1) is 7.28. The molecule has 0 aromatic carbocycles. The molecule has 0 radical (unpaired) electrons. The van der Waals surface area contributed by atoms with Gasteiger partial charge in [0.05, 0.1) is 6.10 Å². The van der Waals surface area contributed by atoms with Crippen molar-refractivity contribution in [2.75, 3.05) is 26.2 Å². The van der Waals surface area contributed by atoms with Gasteiger partial charge >= 0.3 is 0 Å². The van der Waals surface area contributed by atoms with Crippen molar-refractivity contribution in [2.45, 2.75) is 38.2 Å². The standard InChI is InChI=1S/C12H24N2O/c13-7-12(15)5-6-14(8-10-1-2-10)9-11-3-4-11/h10-12,15H,1-9,13H2. The van der Waals surface area contributed by atoms with Crippen LogP contribution in [0.4, 0.5) is 0 Å². The van der Waals surface area contributed by atoms with Gasteiger partial charge in [-0.1, -0.05) is 0 Å². The molecule has 0 aliphatic heterocycles. The van der Waals surface area contributed by atoms with E-state index in [0.29, 0.717) is 6.54 Å². The van der Waals surface area contributed by atoms with Gasteiger partial charge in [0.1, 0.15) is 0 Å². The lowest BCUT2D eigenvalue weighted by Gasteiger charge is -2.23. The number of aliphatic hydroxyl groups is 1. The number of hydrogen-bond acceptors (Lipinski definition) is 3. The molecule has 0 heterocycles. The van der Waals surface area contributed by atoms with Crippen molar-refractivity contribution >= 4 is 0 Å². The first-order valence-electron chi connectivity index (χ1n) is 6.38. The van der Waals surface area contributed by atoms with Gasteiger partial charge in [-0.2, -0.15) is 0 Å². The first kappa shape index (κ1) is 11.4. The highest BCUT2D eigenvalue weighted by Crippen LogP contribution is 2.33. The van der Waals surface area contributed by atoms with Gasteiger partial charge in [0.25, 0.3) is 0 Å². The second-order valence-corrected chi connectivity index (χ2v) is 5.32. The molecular weight excluding hydrogens is 188 g/mol. The molecule has 0 saturated heterocycles. The lowest BCUT2D eigenvalue weighted by Crippen LogP contribution is -2.33. The molecule has 2 saturated carbocycles. The lowest BCUT2D eigenvalue weighted by molar-refractivity contribution is 0.143. The van der Waals surface area contributed by atoms with Crippen molar-refractivity contribution in [1.29, 1.82) is 0 Å². The number of nitrogens with two attached hydrogens (primary N) is 1. The van der Waals surface area contributed by atoms with Crippen LogP contribution in [0.5, 0.6) is 0 Å². The summed E-state index contributed by atoms with van der Waals surface area (Å²) in [5, 5.41) is 9.45. The molecule has 1 unspecified atom stereocenters. The van der Waals surface area contributed by atoms with Crippen LogP contribution in [0.2, 0.25) is 0 Å². The van der Waals surface area contributed by atoms with Gasteiger partial charge in [0.15, 0.2) is 0 Å². The zero-order valence-electron chi connectivity index (χ0n) is 9.57. The summed E-state index contributed by atoms with van der Waals surface area (Å²) in [7, 11) is 0. The Kier molecular flexibility index (Phi) is 4.00. The minimum absolute atomic E-state index is 0.300. The van der Waals surface area contributed by atoms with Crippen LogP contribution in [0.1, 0.15) is 32.1 Å². The van der Waals surface area contributed by atoms with Gasteiger partial charge in [-0.05, 0) is 43.9 Å². The Morgan fingerprint density at radius 2 is 1.67 bits per heavy atom. The minimum atomic E-state index is -0.300. The molecule has 0 spiro atoms. The maximum Gasteiger partial charge on any atom is 0.0674 e. The van der Waals surface area contributed by atoms with Crippen LogP contribution in [-0.4, -0.2) is 42.3 Å². The van der Waals surface area contributed by atoms with Crippen LogP contribution in [-0.2, 0) is 0 Å². The van der Waals surface area contributed by atoms with E-state index in [9.17, 15) is 5.11 Å². The molecular formula is C12H24N2O. The molecule has 3 nitrogen and oxygen atoms in total. The highest BCUT2D eigenvalue weighted by atomic mass is 16.3. The van der Waals surface area contributed by atoms with Crippen molar-refractivity contribution in [1.82, 2.24) is 4.90 Å². The zero-order chi connectivity index (χ0) is 10.7. The monoisotopic (exact) mass is 212 g/mol. The van der Waals surface area contributed by atoms with Gasteiger partial charge in [0, 0.05) is 26.2 Å². The van der Waals surface area contributed by atoms with Crippen LogP contribution in [0.3, 0.4) is 0 Å². The van der Waals surface area contributed by atoms with E-state index in [1.54, 1.807) is 0 Å². The average molecular weight is 212 g/mol. The van der Waals surface area contributed by atoms with E-state index in [2.05, 4.69) is 4.90 Å². The molecule has 1 atom stereocenters. The fraction of sp³-hybridized carbons (Fsp3) is 1.00. The van der Waals surface area contributed by atoms with Crippen molar-refractivity contribution in [3.05, 3.63) is 0 Å². The second kappa shape index (κ2) is 5.28. The fourth-order valence-electron chi connectivity index (χ4n) is 2.04. The molecule has 2 aliphatic carbocycles. The Labute approximate surface area is 92.6 Å². The summed E-state index contributed by atoms with van der Waals surface area (Å²) < 4.78 is 0. The van der Waals surface area contributed by atoms with E-state index in [1.165, 1.54) is 38.8 Å². The van der Waals surface area contributed by atoms with Gasteiger partial charge in [-0.15, -0.1) is 0 Å². The largest absolute Gasteiger partial charge is 0.392 e. The van der Waals surface area contributed by atoms with Crippen molar-refractivity contribution in [2.24, 2.45) is 17.6 Å². The normalized spacial score (nSPS) is 23.4. The highest BCUT2D eigenvalue weighted by molar-refractivity contribution is 4.82. The Bertz CT molecular complexity index is 176. The molecule has 0 aromatic rings. The van der Waals surface area contributed by atoms with Gasteiger partial charge in [-0.25, -0.2) is 0 Å². The van der Waals surface area contributed by atoms with E-state index in [0.717, 1.165) is 24.8 Å². The van der Waals surface area contributed by atoms with Crippen LogP contribution in [0, 0.1) is 11.8 Å². The summed E-state index contributed by atoms with van der Waals surface area (Å²) in [5.74, 6) is 1.91. The third-order valence-corrected chi connectivity index (χ3v) is 3.48. The molecule has 0 amide bonds. The predicted molar refractivity (Wildman–Crippen MR) is 61.6 cm³/mol. The quantitative estimate of drug-likeness (QED) is 0.626. The minimum Gasteiger partial charge on any atom is -0.392 e. The molecule has 15 heavy (non-hydrogen) atoms. The van der Waals surface area contributed by atoms with Gasteiger partial charge in [0.2, 0.25) is 0 Å². The lowest BCUT2D eigenvalue weighted by atomic mass is 10.2. The van der Waals surface area contributed by atoms with Crippen LogP contribution in [0.25, 0.3) is 0 Å². The SMILES string of the molecule is NCC(O)CCN(CC1CC1)CC1CC1. The average Bonchev–Trinajstić information content (AvgIpc) is 3.08. The maximum atomic E-state index is 9.45. The third-order valence-electron chi connectivity index (χ3n) is 3.48. The summed E-state index contributed by atoms with van der Waals surface area (Å²) in [4.78, 5) is 2.55. The number of nitrogens with zero attached hydrogens (tertiary/aromatic N) is 1. The fourth-order valence-corrected chi connectivity index (χ4v) is 2.04.